The average Bonchev–Trinajstić information content (AvgIpc) is 3.51. The third-order valence-electron chi connectivity index (χ3n) is 5.85. The van der Waals surface area contributed by atoms with Crippen LogP contribution in [0.3, 0.4) is 0 Å². The van der Waals surface area contributed by atoms with Gasteiger partial charge in [-0.2, -0.15) is 5.26 Å². The molecule has 5 rings (SSSR count). The fraction of sp³-hybridized carbons (Fsp3) is 0.182. The number of fused-ring (bicyclic) bond motifs is 1. The zero-order chi connectivity index (χ0) is 22.5. The first-order valence-electron chi connectivity index (χ1n) is 10.1. The largest absolute Gasteiger partial charge is 0.397 e. The monoisotopic (exact) mass is 445 g/mol. The summed E-state index contributed by atoms with van der Waals surface area (Å²) >= 11 is 6.50. The fourth-order valence-electron chi connectivity index (χ4n) is 3.82. The van der Waals surface area contributed by atoms with Crippen molar-refractivity contribution in [3.63, 3.8) is 0 Å². The molecule has 1 saturated carbocycles. The van der Waals surface area contributed by atoms with Gasteiger partial charge in [-0.1, -0.05) is 28.9 Å². The molecule has 7 nitrogen and oxygen atoms in total. The Hall–Kier alpha value is -3.64. The molecule has 4 aromatic rings. The third-order valence-corrected chi connectivity index (χ3v) is 6.13. The molecule has 2 heterocycles. The summed E-state index contributed by atoms with van der Waals surface area (Å²) in [6, 6.07) is 12.2. The fourth-order valence-corrected chi connectivity index (χ4v) is 4.09. The molecule has 0 bridgehead atoms. The van der Waals surface area contributed by atoms with E-state index >= 15 is 0 Å². The highest BCUT2D eigenvalue weighted by molar-refractivity contribution is 6.36. The van der Waals surface area contributed by atoms with Crippen molar-refractivity contribution in [2.45, 2.75) is 24.3 Å². The number of hydrogen-bond acceptors (Lipinski definition) is 6. The van der Waals surface area contributed by atoms with Gasteiger partial charge in [0.05, 0.1) is 39.5 Å². The third kappa shape index (κ3) is 3.43. The highest BCUT2D eigenvalue weighted by atomic mass is 35.5. The standard InChI is InChI=1S/C22H18BClFN7/c23-22(13-1-3-14(25)4-2-13,19-11-32(31-30-19)16-5-6-16)29-15-7-17-20(27)12(9-26)10-28-21(17)18(24)8-15/h1-4,7-8,10-11,16,29H,5-6,23H2,(H2,27,28). The lowest BCUT2D eigenvalue weighted by molar-refractivity contribution is 0.610. The molecule has 2 aromatic heterocycles. The second-order valence-electron chi connectivity index (χ2n) is 8.12. The van der Waals surface area contributed by atoms with Crippen molar-refractivity contribution in [3.8, 4) is 6.07 Å². The normalized spacial score (nSPS) is 15.3. The molecule has 0 spiro atoms. The van der Waals surface area contributed by atoms with Gasteiger partial charge in [0.15, 0.2) is 0 Å². The number of hydrogen-bond donors (Lipinski definition) is 2. The van der Waals surface area contributed by atoms with Gasteiger partial charge in [-0.15, -0.1) is 5.10 Å². The number of nitriles is 1. The first-order valence-corrected chi connectivity index (χ1v) is 10.5. The summed E-state index contributed by atoms with van der Waals surface area (Å²) in [6.07, 6.45) is 5.49. The summed E-state index contributed by atoms with van der Waals surface area (Å²) in [6.45, 7) is 0. The number of halogens is 2. The van der Waals surface area contributed by atoms with Gasteiger partial charge in [0.25, 0.3) is 0 Å². The van der Waals surface area contributed by atoms with Crippen LogP contribution in [0.4, 0.5) is 15.8 Å². The van der Waals surface area contributed by atoms with Gasteiger partial charge in [0.1, 0.15) is 25.4 Å². The number of rotatable bonds is 5. The zero-order valence-corrected chi connectivity index (χ0v) is 17.9. The van der Waals surface area contributed by atoms with Crippen LogP contribution >= 0.6 is 11.6 Å². The van der Waals surface area contributed by atoms with Crippen molar-refractivity contribution in [2.24, 2.45) is 0 Å². The summed E-state index contributed by atoms with van der Waals surface area (Å²) in [5, 5.41) is 22.5. The molecule has 1 atom stereocenters. The van der Waals surface area contributed by atoms with Crippen molar-refractivity contribution in [1.29, 1.82) is 5.26 Å². The predicted molar refractivity (Wildman–Crippen MR) is 124 cm³/mol. The molecular formula is C22H18BClFN7. The minimum absolute atomic E-state index is 0.277. The first-order chi connectivity index (χ1) is 15.4. The van der Waals surface area contributed by atoms with Gasteiger partial charge in [-0.25, -0.2) is 9.07 Å². The molecule has 0 radical (unpaired) electrons. The molecule has 0 amide bonds. The Balaban J connectivity index is 1.64. The van der Waals surface area contributed by atoms with Crippen LogP contribution in [-0.4, -0.2) is 27.8 Å². The number of nitrogens with two attached hydrogens (primary N) is 1. The number of anilines is 2. The summed E-state index contributed by atoms with van der Waals surface area (Å²) in [5.74, 6) is -0.325. The molecule has 1 fully saturated rings. The predicted octanol–water partition coefficient (Wildman–Crippen LogP) is 3.35. The van der Waals surface area contributed by atoms with Gasteiger partial charge in [-0.05, 0) is 42.7 Å². The van der Waals surface area contributed by atoms with Crippen LogP contribution in [0, 0.1) is 17.1 Å². The summed E-state index contributed by atoms with van der Waals surface area (Å²) in [5.41, 5.74) is 8.59. The lowest BCUT2D eigenvalue weighted by Crippen LogP contribution is -2.37. The van der Waals surface area contributed by atoms with Crippen LogP contribution < -0.4 is 11.1 Å². The van der Waals surface area contributed by atoms with E-state index in [0.717, 1.165) is 18.4 Å². The topological polar surface area (TPSA) is 105 Å². The molecule has 0 aliphatic heterocycles. The molecule has 2 aromatic carbocycles. The van der Waals surface area contributed by atoms with E-state index in [9.17, 15) is 9.65 Å². The van der Waals surface area contributed by atoms with E-state index < -0.39 is 5.44 Å². The Morgan fingerprint density at radius 1 is 1.28 bits per heavy atom. The second-order valence-corrected chi connectivity index (χ2v) is 8.53. The van der Waals surface area contributed by atoms with Gasteiger partial charge < -0.3 is 11.1 Å². The van der Waals surface area contributed by atoms with E-state index in [-0.39, 0.29) is 11.4 Å². The Bertz CT molecular complexity index is 1380. The van der Waals surface area contributed by atoms with Crippen LogP contribution in [-0.2, 0) is 5.44 Å². The molecule has 1 aliphatic carbocycles. The maximum Gasteiger partial charge on any atom is 0.148 e. The highest BCUT2D eigenvalue weighted by Crippen LogP contribution is 2.38. The molecular weight excluding hydrogens is 428 g/mol. The summed E-state index contributed by atoms with van der Waals surface area (Å²) < 4.78 is 15.5. The van der Waals surface area contributed by atoms with E-state index in [4.69, 9.17) is 17.3 Å². The number of nitrogens with zero attached hydrogens (tertiary/aromatic N) is 5. The molecule has 32 heavy (non-hydrogen) atoms. The minimum atomic E-state index is -0.840. The lowest BCUT2D eigenvalue weighted by atomic mass is 9.69. The van der Waals surface area contributed by atoms with Crippen LogP contribution in [0.1, 0.15) is 35.7 Å². The number of nitrogen functional groups attached to an aromatic ring is 1. The molecule has 158 valence electrons. The quantitative estimate of drug-likeness (QED) is 0.456. The van der Waals surface area contributed by atoms with Gasteiger partial charge >= 0.3 is 0 Å². The van der Waals surface area contributed by atoms with Crippen LogP contribution in [0.5, 0.6) is 0 Å². The molecule has 1 aliphatic rings. The number of aromatic nitrogens is 4. The number of pyridine rings is 1. The second kappa shape index (κ2) is 7.50. The molecule has 10 heteroatoms. The van der Waals surface area contributed by atoms with Crippen molar-refractivity contribution in [1.82, 2.24) is 20.0 Å². The van der Waals surface area contributed by atoms with Crippen molar-refractivity contribution in [2.75, 3.05) is 11.1 Å². The highest BCUT2D eigenvalue weighted by Gasteiger charge is 2.34. The van der Waals surface area contributed by atoms with Crippen molar-refractivity contribution >= 4 is 41.7 Å². The van der Waals surface area contributed by atoms with Crippen LogP contribution in [0.25, 0.3) is 10.9 Å². The van der Waals surface area contributed by atoms with Gasteiger partial charge in [-0.3, -0.25) is 4.98 Å². The van der Waals surface area contributed by atoms with E-state index in [0.29, 0.717) is 39.0 Å². The Morgan fingerprint density at radius 3 is 2.72 bits per heavy atom. The van der Waals surface area contributed by atoms with E-state index in [1.54, 1.807) is 24.3 Å². The first kappa shape index (κ1) is 20.3. The molecule has 3 N–H and O–H groups in total. The maximum atomic E-state index is 13.6. The Kier molecular flexibility index (Phi) is 4.75. The smallest absolute Gasteiger partial charge is 0.148 e. The molecule has 0 saturated heterocycles. The van der Waals surface area contributed by atoms with E-state index in [1.807, 2.05) is 24.8 Å². The minimum Gasteiger partial charge on any atom is -0.397 e. The zero-order valence-electron chi connectivity index (χ0n) is 17.2. The van der Waals surface area contributed by atoms with Crippen LogP contribution in [0.2, 0.25) is 5.02 Å². The van der Waals surface area contributed by atoms with E-state index in [1.165, 1.54) is 18.3 Å². The maximum absolute atomic E-state index is 13.6. The molecule has 1 unspecified atom stereocenters. The van der Waals surface area contributed by atoms with Gasteiger partial charge in [0, 0.05) is 17.3 Å². The van der Waals surface area contributed by atoms with Gasteiger partial charge in [0.2, 0.25) is 0 Å². The number of nitrogens with one attached hydrogen (secondary N) is 1. The van der Waals surface area contributed by atoms with E-state index in [2.05, 4.69) is 20.6 Å². The lowest BCUT2D eigenvalue weighted by Gasteiger charge is -2.31. The number of benzene rings is 2. The average molecular weight is 446 g/mol. The summed E-state index contributed by atoms with van der Waals surface area (Å²) in [4.78, 5) is 4.28. The SMILES string of the molecule is BC(Nc1cc(Cl)c2ncc(C#N)c(N)c2c1)(c1ccc(F)cc1)c1cn(C2CC2)nn1. The Morgan fingerprint density at radius 2 is 2.03 bits per heavy atom. The summed E-state index contributed by atoms with van der Waals surface area (Å²) in [7, 11) is 1.95. The van der Waals surface area contributed by atoms with Crippen molar-refractivity contribution < 1.29 is 4.39 Å². The van der Waals surface area contributed by atoms with Crippen molar-refractivity contribution in [3.05, 3.63) is 76.5 Å². The Labute approximate surface area is 189 Å². The van der Waals surface area contributed by atoms with Crippen LogP contribution in [0.15, 0.2) is 48.8 Å².